The zero-order chi connectivity index (χ0) is 38.5. The Labute approximate surface area is 311 Å². The van der Waals surface area contributed by atoms with Crippen LogP contribution in [0.15, 0.2) is 42.5 Å². The van der Waals surface area contributed by atoms with E-state index >= 15 is 0 Å². The number of ether oxygens (including phenoxy) is 1. The van der Waals surface area contributed by atoms with E-state index in [9.17, 15) is 32.0 Å². The molecule has 2 heterocycles. The number of nitrogens with one attached hydrogen (secondary N) is 3. The van der Waals surface area contributed by atoms with Crippen molar-refractivity contribution in [3.63, 3.8) is 0 Å². The fraction of sp³-hybridized carbons (Fsp3) is 0.590. The first kappa shape index (κ1) is 38.5. The van der Waals surface area contributed by atoms with Crippen LogP contribution in [-0.2, 0) is 47.6 Å². The number of halogens is 1. The molecule has 5 atom stereocenters. The molecule has 14 heteroatoms. The quantitative estimate of drug-likeness (QED) is 0.279. The zero-order valence-corrected chi connectivity index (χ0v) is 32.2. The molecule has 12 nitrogen and oxygen atoms in total. The van der Waals surface area contributed by atoms with E-state index in [-0.39, 0.29) is 55.8 Å². The molecule has 0 radical (unpaired) electrons. The van der Waals surface area contributed by atoms with E-state index in [1.54, 1.807) is 12.1 Å². The lowest BCUT2D eigenvalue weighted by Crippen LogP contribution is -2.53. The van der Waals surface area contributed by atoms with Crippen LogP contribution < -0.4 is 15.4 Å². The second kappa shape index (κ2) is 14.6. The Morgan fingerprint density at radius 3 is 2.40 bits per heavy atom. The van der Waals surface area contributed by atoms with E-state index in [2.05, 4.69) is 36.1 Å². The summed E-state index contributed by atoms with van der Waals surface area (Å²) in [7, 11) is -3.78. The molecule has 0 aromatic heterocycles. The van der Waals surface area contributed by atoms with Crippen molar-refractivity contribution in [2.75, 3.05) is 18.4 Å². The van der Waals surface area contributed by atoms with Crippen LogP contribution in [0.4, 0.5) is 14.9 Å². The van der Waals surface area contributed by atoms with Crippen LogP contribution in [0.3, 0.4) is 0 Å². The number of hydrogen-bond donors (Lipinski definition) is 3. The van der Waals surface area contributed by atoms with Crippen molar-refractivity contribution in [1.29, 1.82) is 0 Å². The summed E-state index contributed by atoms with van der Waals surface area (Å²) in [5, 5.41) is 5.70. The van der Waals surface area contributed by atoms with Crippen molar-refractivity contribution in [3.8, 4) is 0 Å². The van der Waals surface area contributed by atoms with Gasteiger partial charge in [-0.25, -0.2) is 17.6 Å². The van der Waals surface area contributed by atoms with E-state index in [0.717, 1.165) is 11.3 Å². The average molecular weight is 754 g/mol. The SMILES string of the molecule is CC[C@@H]1C[C@]1(CNC(=O)[C@@H]1C[C@@H](OC(=O)N2Cc3cccc(F)c3C2)CN1C(=O)[C@@H](Nc1cccc(C(C)(C)C)c1)C(C)C)C(=O)NS(=O)(=O)C1CC1. The number of likely N-dealkylation sites (tertiary alicyclic amines) is 1. The van der Waals surface area contributed by atoms with Crippen molar-refractivity contribution >= 4 is 39.5 Å². The van der Waals surface area contributed by atoms with E-state index in [1.807, 2.05) is 45.0 Å². The molecule has 6 rings (SSSR count). The van der Waals surface area contributed by atoms with Gasteiger partial charge in [0.2, 0.25) is 27.7 Å². The van der Waals surface area contributed by atoms with Gasteiger partial charge in [-0.3, -0.25) is 24.0 Å². The summed E-state index contributed by atoms with van der Waals surface area (Å²) in [5.41, 5.74) is 1.76. The van der Waals surface area contributed by atoms with E-state index < -0.39 is 62.6 Å². The predicted molar refractivity (Wildman–Crippen MR) is 197 cm³/mol. The summed E-state index contributed by atoms with van der Waals surface area (Å²) in [6, 6.07) is 10.8. The van der Waals surface area contributed by atoms with Gasteiger partial charge in [0.15, 0.2) is 0 Å². The number of sulfonamides is 1. The van der Waals surface area contributed by atoms with Crippen molar-refractivity contribution in [1.82, 2.24) is 19.8 Å². The highest BCUT2D eigenvalue weighted by atomic mass is 32.2. The summed E-state index contributed by atoms with van der Waals surface area (Å²) in [6.07, 6.45) is 0.574. The molecule has 0 spiro atoms. The van der Waals surface area contributed by atoms with Crippen LogP contribution in [0.25, 0.3) is 0 Å². The van der Waals surface area contributed by atoms with E-state index in [0.29, 0.717) is 36.8 Å². The first-order chi connectivity index (χ1) is 24.9. The van der Waals surface area contributed by atoms with Gasteiger partial charge >= 0.3 is 6.09 Å². The van der Waals surface area contributed by atoms with Crippen molar-refractivity contribution in [2.45, 2.75) is 116 Å². The summed E-state index contributed by atoms with van der Waals surface area (Å²) in [4.78, 5) is 58.1. The highest BCUT2D eigenvalue weighted by molar-refractivity contribution is 7.90. The minimum atomic E-state index is -3.78. The molecule has 2 aliphatic heterocycles. The molecule has 2 aliphatic carbocycles. The standard InChI is InChI=1S/C39H52FN5O7S/c1-7-25-18-39(25,36(48)43-53(50,51)29-14-15-29)22-41-34(46)32-17-28(52-37(49)44-19-24-10-8-13-31(40)30(24)21-44)20-45(32)35(47)33(23(2)3)42-27-12-9-11-26(16-27)38(4,5)6/h8-13,16,23,25,28-29,32-33,42H,7,14-15,17-22H2,1-6H3,(H,41,46)(H,43,48)/t25-,28-,32+,33+,39-/m1/s1. The molecule has 288 valence electrons. The number of nitrogens with zero attached hydrogens (tertiary/aromatic N) is 2. The summed E-state index contributed by atoms with van der Waals surface area (Å²) < 4.78 is 47.8. The van der Waals surface area contributed by atoms with Gasteiger partial charge in [0.1, 0.15) is 24.0 Å². The number of carbonyl (C=O) groups excluding carboxylic acids is 4. The van der Waals surface area contributed by atoms with Crippen molar-refractivity contribution < 1.29 is 36.7 Å². The molecule has 0 bridgehead atoms. The third-order valence-corrected chi connectivity index (χ3v) is 13.1. The zero-order valence-electron chi connectivity index (χ0n) is 31.4. The van der Waals surface area contributed by atoms with Gasteiger partial charge in [0, 0.05) is 30.8 Å². The van der Waals surface area contributed by atoms with Gasteiger partial charge in [-0.15, -0.1) is 0 Å². The monoisotopic (exact) mass is 753 g/mol. The largest absolute Gasteiger partial charge is 0.444 e. The van der Waals surface area contributed by atoms with Crippen LogP contribution in [0, 0.1) is 23.1 Å². The average Bonchev–Trinajstić information content (AvgIpc) is 4.00. The molecule has 3 N–H and O–H groups in total. The van der Waals surface area contributed by atoms with Crippen LogP contribution in [0.5, 0.6) is 0 Å². The number of benzene rings is 2. The van der Waals surface area contributed by atoms with Crippen LogP contribution in [-0.4, -0.2) is 78.6 Å². The number of anilines is 1. The lowest BCUT2D eigenvalue weighted by atomic mass is 9.87. The van der Waals surface area contributed by atoms with Gasteiger partial charge in [-0.2, -0.15) is 0 Å². The molecule has 1 saturated heterocycles. The van der Waals surface area contributed by atoms with Gasteiger partial charge in [-0.05, 0) is 65.8 Å². The second-order valence-electron chi connectivity index (χ2n) is 16.5. The molecule has 2 aromatic carbocycles. The Kier molecular flexibility index (Phi) is 10.6. The fourth-order valence-corrected chi connectivity index (χ4v) is 8.98. The Bertz CT molecular complexity index is 1880. The van der Waals surface area contributed by atoms with Gasteiger partial charge < -0.3 is 20.3 Å². The normalized spacial score (nSPS) is 24.4. The minimum Gasteiger partial charge on any atom is -0.444 e. The molecule has 3 fully saturated rings. The summed E-state index contributed by atoms with van der Waals surface area (Å²) >= 11 is 0. The van der Waals surface area contributed by atoms with E-state index in [4.69, 9.17) is 4.74 Å². The first-order valence-corrected chi connectivity index (χ1v) is 20.2. The molecule has 53 heavy (non-hydrogen) atoms. The number of carbonyl (C=O) groups is 4. The molecule has 0 unspecified atom stereocenters. The smallest absolute Gasteiger partial charge is 0.410 e. The third-order valence-electron chi connectivity index (χ3n) is 11.2. The molecular formula is C39H52FN5O7S. The van der Waals surface area contributed by atoms with Crippen molar-refractivity contribution in [2.24, 2.45) is 17.3 Å². The van der Waals surface area contributed by atoms with Gasteiger partial charge in [0.05, 0.1) is 23.8 Å². The lowest BCUT2D eigenvalue weighted by Gasteiger charge is -2.31. The van der Waals surface area contributed by atoms with E-state index in [1.165, 1.54) is 15.9 Å². The molecule has 4 aliphatic rings. The molecule has 2 aromatic rings. The Morgan fingerprint density at radius 1 is 1.06 bits per heavy atom. The maximum Gasteiger partial charge on any atom is 0.410 e. The van der Waals surface area contributed by atoms with Crippen molar-refractivity contribution in [3.05, 3.63) is 65.0 Å². The fourth-order valence-electron chi connectivity index (χ4n) is 7.60. The number of amides is 4. The second-order valence-corrected chi connectivity index (χ2v) is 18.5. The van der Waals surface area contributed by atoms with Gasteiger partial charge in [0.25, 0.3) is 0 Å². The summed E-state index contributed by atoms with van der Waals surface area (Å²) in [6.45, 7) is 12.1. The Hall–Kier alpha value is -4.20. The number of rotatable bonds is 12. The third kappa shape index (κ3) is 8.17. The first-order valence-electron chi connectivity index (χ1n) is 18.7. The lowest BCUT2D eigenvalue weighted by molar-refractivity contribution is -0.140. The maximum absolute atomic E-state index is 14.5. The number of fused-ring (bicyclic) bond motifs is 1. The number of hydrogen-bond acceptors (Lipinski definition) is 8. The van der Waals surface area contributed by atoms with Crippen LogP contribution in [0.1, 0.15) is 90.3 Å². The summed E-state index contributed by atoms with van der Waals surface area (Å²) in [5.74, 6) is -2.20. The Balaban J connectivity index is 1.20. The highest BCUT2D eigenvalue weighted by Crippen LogP contribution is 2.54. The van der Waals surface area contributed by atoms with Gasteiger partial charge in [-0.1, -0.05) is 72.2 Å². The van der Waals surface area contributed by atoms with Crippen LogP contribution >= 0.6 is 0 Å². The minimum absolute atomic E-state index is 0.00918. The molecule has 2 saturated carbocycles. The molecular weight excluding hydrogens is 702 g/mol. The maximum atomic E-state index is 14.5. The highest BCUT2D eigenvalue weighted by Gasteiger charge is 2.60. The van der Waals surface area contributed by atoms with Crippen LogP contribution in [0.2, 0.25) is 0 Å². The molecule has 4 amide bonds. The predicted octanol–water partition coefficient (Wildman–Crippen LogP) is 4.82. The Morgan fingerprint density at radius 2 is 1.77 bits per heavy atom. The topological polar surface area (TPSA) is 154 Å².